The summed E-state index contributed by atoms with van der Waals surface area (Å²) in [6, 6.07) is 15.1. The van der Waals surface area contributed by atoms with Crippen molar-refractivity contribution in [1.29, 1.82) is 0 Å². The van der Waals surface area contributed by atoms with Crippen molar-refractivity contribution in [2.45, 2.75) is 49.8 Å². The molecule has 0 amide bonds. The van der Waals surface area contributed by atoms with E-state index < -0.39 is 23.0 Å². The van der Waals surface area contributed by atoms with Gasteiger partial charge in [-0.25, -0.2) is 4.79 Å². The van der Waals surface area contributed by atoms with Crippen LogP contribution in [-0.2, 0) is 21.5 Å². The number of rotatable bonds is 6. The van der Waals surface area contributed by atoms with Gasteiger partial charge < -0.3 is 14.9 Å². The van der Waals surface area contributed by atoms with Crippen molar-refractivity contribution in [1.82, 2.24) is 5.32 Å². The van der Waals surface area contributed by atoms with Crippen molar-refractivity contribution in [3.05, 3.63) is 69.7 Å². The Hall–Kier alpha value is -1.73. The largest absolute Gasteiger partial charge is 0.480 e. The van der Waals surface area contributed by atoms with Crippen LogP contribution in [0.1, 0.15) is 48.4 Å². The van der Waals surface area contributed by atoms with E-state index in [0.29, 0.717) is 6.42 Å². The first kappa shape index (κ1) is 21.5. The van der Waals surface area contributed by atoms with E-state index in [1.165, 1.54) is 0 Å². The van der Waals surface area contributed by atoms with E-state index >= 15 is 0 Å². The molecule has 0 aromatic heterocycles. The van der Waals surface area contributed by atoms with Gasteiger partial charge in [-0.1, -0.05) is 52.3 Å². The van der Waals surface area contributed by atoms with Crippen LogP contribution in [0.4, 0.5) is 0 Å². The number of carbonyl (C=O) groups is 1. The maximum Gasteiger partial charge on any atom is 0.329 e. The second-order valence-corrected chi connectivity index (χ2v) is 9.45. The average Bonchev–Trinajstić information content (AvgIpc) is 3.02. The minimum atomic E-state index is -1.28. The highest BCUT2D eigenvalue weighted by Gasteiger charge is 2.63. The number of hydrogen-bond acceptors (Lipinski definition) is 4. The molecule has 4 rings (SSSR count). The minimum absolute atomic E-state index is 0.167. The van der Waals surface area contributed by atoms with Crippen LogP contribution in [0.3, 0.4) is 0 Å². The number of halogens is 1. The molecular weight excluding hydrogens is 446 g/mol. The Morgan fingerprint density at radius 2 is 1.93 bits per heavy atom. The lowest BCUT2D eigenvalue weighted by atomic mass is 9.61. The van der Waals surface area contributed by atoms with E-state index in [4.69, 9.17) is 4.74 Å². The molecule has 5 nitrogen and oxygen atoms in total. The number of benzene rings is 2. The molecule has 0 saturated heterocycles. The lowest BCUT2D eigenvalue weighted by Crippen LogP contribution is -2.61. The Kier molecular flexibility index (Phi) is 6.04. The number of hydrogen-bond donors (Lipinski definition) is 3. The van der Waals surface area contributed by atoms with Crippen molar-refractivity contribution >= 4 is 21.9 Å². The summed E-state index contributed by atoms with van der Waals surface area (Å²) in [6.45, 7) is -0.181. The molecule has 6 heteroatoms. The van der Waals surface area contributed by atoms with Crippen LogP contribution >= 0.6 is 15.9 Å². The maximum absolute atomic E-state index is 13.1. The second kappa shape index (κ2) is 8.42. The molecule has 2 aliphatic rings. The van der Waals surface area contributed by atoms with Crippen LogP contribution in [0.15, 0.2) is 53.0 Å². The molecule has 30 heavy (non-hydrogen) atoms. The molecule has 0 aliphatic heterocycles. The second-order valence-electron chi connectivity index (χ2n) is 8.54. The summed E-state index contributed by atoms with van der Waals surface area (Å²) in [4.78, 5) is 13.1. The third-order valence-electron chi connectivity index (χ3n) is 7.12. The van der Waals surface area contributed by atoms with E-state index in [-0.39, 0.29) is 12.7 Å². The zero-order chi connectivity index (χ0) is 21.4. The third kappa shape index (κ3) is 3.40. The van der Waals surface area contributed by atoms with Crippen molar-refractivity contribution in [2.75, 3.05) is 13.7 Å². The lowest BCUT2D eigenvalue weighted by molar-refractivity contribution is -0.155. The van der Waals surface area contributed by atoms with E-state index in [2.05, 4.69) is 21.2 Å². The van der Waals surface area contributed by atoms with Gasteiger partial charge in [-0.05, 0) is 60.9 Å². The Bertz CT molecular complexity index is 911. The van der Waals surface area contributed by atoms with Crippen LogP contribution in [0.5, 0.6) is 0 Å². The van der Waals surface area contributed by atoms with Gasteiger partial charge in [0.25, 0.3) is 0 Å². The molecule has 1 saturated carbocycles. The molecule has 0 unspecified atom stereocenters. The molecule has 0 heterocycles. The Morgan fingerprint density at radius 3 is 2.53 bits per heavy atom. The number of carboxylic acids is 1. The predicted octanol–water partition coefficient (Wildman–Crippen LogP) is 4.18. The quantitative estimate of drug-likeness (QED) is 0.586. The first-order chi connectivity index (χ1) is 14.5. The molecule has 0 bridgehead atoms. The third-order valence-corrected chi connectivity index (χ3v) is 7.61. The van der Waals surface area contributed by atoms with Crippen LogP contribution in [0.2, 0.25) is 0 Å². The smallest absolute Gasteiger partial charge is 0.329 e. The van der Waals surface area contributed by atoms with Crippen LogP contribution in [0.25, 0.3) is 0 Å². The number of carboxylic acid groups (broad SMARTS) is 1. The molecular formula is C24H28BrNO4. The summed E-state index contributed by atoms with van der Waals surface area (Å²) in [5.41, 5.74) is 0.987. The van der Waals surface area contributed by atoms with E-state index in [1.54, 1.807) is 7.11 Å². The van der Waals surface area contributed by atoms with Crippen molar-refractivity contribution in [3.8, 4) is 0 Å². The van der Waals surface area contributed by atoms with Gasteiger partial charge in [-0.3, -0.25) is 5.32 Å². The van der Waals surface area contributed by atoms with Crippen molar-refractivity contribution in [3.63, 3.8) is 0 Å². The molecule has 0 radical (unpaired) electrons. The first-order valence-electron chi connectivity index (χ1n) is 10.4. The molecule has 2 aliphatic carbocycles. The van der Waals surface area contributed by atoms with Gasteiger partial charge in [0, 0.05) is 17.0 Å². The molecule has 1 fully saturated rings. The van der Waals surface area contributed by atoms with Gasteiger partial charge in [-0.2, -0.15) is 0 Å². The zero-order valence-electron chi connectivity index (χ0n) is 17.1. The average molecular weight is 474 g/mol. The summed E-state index contributed by atoms with van der Waals surface area (Å²) in [6.07, 6.45) is 4.04. The van der Waals surface area contributed by atoms with Crippen LogP contribution in [-0.4, -0.2) is 36.0 Å². The number of aliphatic carboxylic acids is 1. The topological polar surface area (TPSA) is 78.8 Å². The minimum Gasteiger partial charge on any atom is -0.480 e. The van der Waals surface area contributed by atoms with Gasteiger partial charge in [-0.15, -0.1) is 0 Å². The molecule has 2 atom stereocenters. The lowest BCUT2D eigenvalue weighted by Gasteiger charge is -2.49. The SMILES string of the molecule is COC1CCC2(CC1)Cc1ccc(Br)cc1[C@]2(N[C@H](CO)c1ccccc1)C(=O)O. The fourth-order valence-corrected chi connectivity index (χ4v) is 5.94. The molecule has 3 N–H and O–H groups in total. The number of methoxy groups -OCH3 is 1. The zero-order valence-corrected chi connectivity index (χ0v) is 18.7. The molecule has 2 aromatic carbocycles. The standard InChI is InChI=1S/C24H28BrNO4/c1-30-19-9-11-23(12-10-19)14-17-7-8-18(25)13-20(17)24(23,22(28)29)26-21(15-27)16-5-3-2-4-6-16/h2-8,13,19,21,26-27H,9-12,14-15H2,1H3,(H,28,29)/t19?,21-,23?,24+/m1/s1. The highest BCUT2D eigenvalue weighted by Crippen LogP contribution is 2.59. The summed E-state index contributed by atoms with van der Waals surface area (Å²) < 4.78 is 6.43. The van der Waals surface area contributed by atoms with Gasteiger partial charge >= 0.3 is 5.97 Å². The van der Waals surface area contributed by atoms with Gasteiger partial charge in [0.1, 0.15) is 5.54 Å². The van der Waals surface area contributed by atoms with Gasteiger partial charge in [0.15, 0.2) is 0 Å². The number of aliphatic hydroxyl groups excluding tert-OH is 1. The highest BCUT2D eigenvalue weighted by atomic mass is 79.9. The van der Waals surface area contributed by atoms with E-state index in [1.807, 2.05) is 48.5 Å². The molecule has 160 valence electrons. The van der Waals surface area contributed by atoms with Crippen LogP contribution in [0, 0.1) is 5.41 Å². The van der Waals surface area contributed by atoms with Crippen LogP contribution < -0.4 is 5.32 Å². The Labute approximate surface area is 185 Å². The van der Waals surface area contributed by atoms with Gasteiger partial charge in [0.05, 0.1) is 18.8 Å². The van der Waals surface area contributed by atoms with Crippen molar-refractivity contribution in [2.24, 2.45) is 5.41 Å². The summed E-state index contributed by atoms with van der Waals surface area (Å²) in [5, 5.41) is 24.4. The van der Waals surface area contributed by atoms with Gasteiger partial charge in [0.2, 0.25) is 0 Å². The molecule has 2 aromatic rings. The fraction of sp³-hybridized carbons (Fsp3) is 0.458. The number of aliphatic hydroxyl groups is 1. The monoisotopic (exact) mass is 473 g/mol. The highest BCUT2D eigenvalue weighted by molar-refractivity contribution is 9.10. The van der Waals surface area contributed by atoms with E-state index in [0.717, 1.165) is 46.8 Å². The molecule has 1 spiro atoms. The Balaban J connectivity index is 1.84. The number of fused-ring (bicyclic) bond motifs is 1. The van der Waals surface area contributed by atoms with Crippen molar-refractivity contribution < 1.29 is 19.7 Å². The number of nitrogens with one attached hydrogen (secondary N) is 1. The summed E-state index contributed by atoms with van der Waals surface area (Å²) >= 11 is 3.54. The van der Waals surface area contributed by atoms with E-state index in [9.17, 15) is 15.0 Å². The summed E-state index contributed by atoms with van der Waals surface area (Å²) in [5.74, 6) is -0.885. The number of ether oxygens (including phenoxy) is 1. The normalized spacial score (nSPS) is 29.0. The predicted molar refractivity (Wildman–Crippen MR) is 118 cm³/mol. The maximum atomic E-state index is 13.1. The Morgan fingerprint density at radius 1 is 1.23 bits per heavy atom. The summed E-state index contributed by atoms with van der Waals surface area (Å²) in [7, 11) is 1.73. The first-order valence-corrected chi connectivity index (χ1v) is 11.2. The fourth-order valence-electron chi connectivity index (χ4n) is 5.58.